The van der Waals surface area contributed by atoms with E-state index in [1.54, 1.807) is 6.92 Å². The number of esters is 1. The molecule has 0 aliphatic carbocycles. The molecule has 2 aromatic rings. The highest BCUT2D eigenvalue weighted by molar-refractivity contribution is 7.16. The van der Waals surface area contributed by atoms with E-state index in [9.17, 15) is 28.3 Å². The number of aliphatic hydroxyl groups is 1. The maximum Gasteiger partial charge on any atom is 0.357 e. The van der Waals surface area contributed by atoms with Crippen LogP contribution in [-0.4, -0.2) is 41.0 Å². The van der Waals surface area contributed by atoms with Crippen molar-refractivity contribution in [3.63, 3.8) is 0 Å². The van der Waals surface area contributed by atoms with Crippen molar-refractivity contribution in [2.45, 2.75) is 51.7 Å². The summed E-state index contributed by atoms with van der Waals surface area (Å²) in [5.74, 6) is -4.16. The van der Waals surface area contributed by atoms with E-state index in [4.69, 9.17) is 4.74 Å². The predicted molar refractivity (Wildman–Crippen MR) is 114 cm³/mol. The lowest BCUT2D eigenvalue weighted by Gasteiger charge is -2.19. The van der Waals surface area contributed by atoms with Crippen LogP contribution >= 0.6 is 11.3 Å². The van der Waals surface area contributed by atoms with E-state index in [0.29, 0.717) is 17.4 Å². The van der Waals surface area contributed by atoms with E-state index in [1.807, 2.05) is 13.8 Å². The molecule has 8 nitrogen and oxygen atoms in total. The summed E-state index contributed by atoms with van der Waals surface area (Å²) in [7, 11) is 1.23. The Morgan fingerprint density at radius 3 is 2.31 bits per heavy atom. The number of carbonyl (C=O) groups is 3. The molecule has 0 spiro atoms. The van der Waals surface area contributed by atoms with Crippen molar-refractivity contribution in [2.75, 3.05) is 12.4 Å². The van der Waals surface area contributed by atoms with Crippen molar-refractivity contribution in [3.05, 3.63) is 46.0 Å². The number of methoxy groups -OCH3 is 1. The van der Waals surface area contributed by atoms with Crippen LogP contribution in [0, 0.1) is 11.6 Å². The molecule has 3 N–H and O–H groups in total. The predicted octanol–water partition coefficient (Wildman–Crippen LogP) is 3.29. The van der Waals surface area contributed by atoms with E-state index in [-0.39, 0.29) is 28.7 Å². The molecule has 1 unspecified atom stereocenters. The van der Waals surface area contributed by atoms with Crippen molar-refractivity contribution in [1.82, 2.24) is 10.3 Å². The molecule has 0 saturated carbocycles. The molecule has 0 radical (unpaired) electrons. The van der Waals surface area contributed by atoms with E-state index < -0.39 is 41.6 Å². The van der Waals surface area contributed by atoms with Crippen LogP contribution < -0.4 is 10.6 Å². The Kier molecular flexibility index (Phi) is 8.79. The molecular weight excluding hydrogens is 444 g/mol. The Morgan fingerprint density at radius 1 is 1.16 bits per heavy atom. The fraction of sp³-hybridized carbons (Fsp3) is 0.429. The molecule has 2 atom stereocenters. The molecule has 1 aromatic carbocycles. The quantitative estimate of drug-likeness (QED) is 0.485. The van der Waals surface area contributed by atoms with Crippen molar-refractivity contribution < 1.29 is 33.0 Å². The van der Waals surface area contributed by atoms with Gasteiger partial charge < -0.3 is 20.5 Å². The fourth-order valence-electron chi connectivity index (χ4n) is 2.90. The van der Waals surface area contributed by atoms with Gasteiger partial charge in [-0.05, 0) is 30.0 Å². The second-order valence-electron chi connectivity index (χ2n) is 7.32. The van der Waals surface area contributed by atoms with Gasteiger partial charge in [0.25, 0.3) is 5.91 Å². The summed E-state index contributed by atoms with van der Waals surface area (Å²) in [5, 5.41) is 15.3. The molecule has 1 heterocycles. The zero-order valence-electron chi connectivity index (χ0n) is 18.1. The zero-order chi connectivity index (χ0) is 24.0. The van der Waals surface area contributed by atoms with Gasteiger partial charge in [-0.2, -0.15) is 0 Å². The number of amides is 2. The number of anilines is 1. The number of aliphatic hydroxyl groups excluding tert-OH is 1. The van der Waals surface area contributed by atoms with Crippen LogP contribution in [0.15, 0.2) is 18.2 Å². The van der Waals surface area contributed by atoms with E-state index in [2.05, 4.69) is 15.6 Å². The first-order valence-corrected chi connectivity index (χ1v) is 10.7. The molecule has 11 heteroatoms. The number of ether oxygens (including phenoxy) is 1. The Morgan fingerprint density at radius 2 is 1.78 bits per heavy atom. The number of halogens is 2. The molecule has 0 aliphatic heterocycles. The summed E-state index contributed by atoms with van der Waals surface area (Å²) < 4.78 is 31.5. The average molecular weight is 470 g/mol. The van der Waals surface area contributed by atoms with Crippen LogP contribution in [0.2, 0.25) is 0 Å². The smallest absolute Gasteiger partial charge is 0.357 e. The molecule has 1 aromatic heterocycles. The fourth-order valence-corrected chi connectivity index (χ4v) is 3.86. The van der Waals surface area contributed by atoms with Crippen molar-refractivity contribution in [3.8, 4) is 0 Å². The number of benzene rings is 1. The average Bonchev–Trinajstić information content (AvgIpc) is 3.15. The summed E-state index contributed by atoms with van der Waals surface area (Å²) in [6.07, 6.45) is -1.12. The van der Waals surface area contributed by atoms with Gasteiger partial charge in [-0.3, -0.25) is 9.59 Å². The van der Waals surface area contributed by atoms with Crippen LogP contribution in [0.3, 0.4) is 0 Å². The minimum Gasteiger partial charge on any atom is -0.464 e. The number of hydrogen-bond donors (Lipinski definition) is 3. The standard InChI is InChI=1S/C21H25F2N3O5S/c1-5-6-14(24-19(29)16(27)11-7-12(22)9-13(23)8-11)18(28)26-21-25-15(20(30)31-4)17(32-21)10(2)3/h7-10,14,16,27H,5-6H2,1-4H3,(H,24,29)(H,25,26,28)/t14-,16?/m0/s1. The second kappa shape index (κ2) is 11.1. The maximum atomic E-state index is 13.4. The highest BCUT2D eigenvalue weighted by Gasteiger charge is 2.27. The Balaban J connectivity index is 2.17. The van der Waals surface area contributed by atoms with Gasteiger partial charge in [0, 0.05) is 10.9 Å². The van der Waals surface area contributed by atoms with Crippen molar-refractivity contribution in [1.29, 1.82) is 0 Å². The number of carbonyl (C=O) groups excluding carboxylic acids is 3. The summed E-state index contributed by atoms with van der Waals surface area (Å²) in [5.41, 5.74) is -0.178. The van der Waals surface area contributed by atoms with Gasteiger partial charge in [0.1, 0.15) is 17.7 Å². The lowest BCUT2D eigenvalue weighted by atomic mass is 10.1. The molecule has 174 valence electrons. The number of thiazole rings is 1. The van der Waals surface area contributed by atoms with Crippen molar-refractivity contribution in [2.24, 2.45) is 0 Å². The lowest BCUT2D eigenvalue weighted by molar-refractivity contribution is -0.133. The van der Waals surface area contributed by atoms with E-state index >= 15 is 0 Å². The Hall–Kier alpha value is -2.92. The van der Waals surface area contributed by atoms with Crippen LogP contribution in [0.5, 0.6) is 0 Å². The molecule has 0 aliphatic rings. The van der Waals surface area contributed by atoms with Gasteiger partial charge in [0.2, 0.25) is 5.91 Å². The number of aromatic nitrogens is 1. The third-order valence-corrected chi connectivity index (χ3v) is 5.72. The largest absolute Gasteiger partial charge is 0.464 e. The molecule has 2 amide bonds. The van der Waals surface area contributed by atoms with E-state index in [0.717, 1.165) is 23.5 Å². The second-order valence-corrected chi connectivity index (χ2v) is 8.35. The van der Waals surface area contributed by atoms with Crippen LogP contribution in [0.25, 0.3) is 0 Å². The molecule has 0 saturated heterocycles. The summed E-state index contributed by atoms with van der Waals surface area (Å²) in [6, 6.07) is 1.23. The molecule has 2 rings (SSSR count). The highest BCUT2D eigenvalue weighted by atomic mass is 32.1. The van der Waals surface area contributed by atoms with Crippen molar-refractivity contribution >= 4 is 34.3 Å². The van der Waals surface area contributed by atoms with Crippen LogP contribution in [0.4, 0.5) is 13.9 Å². The molecule has 0 fully saturated rings. The first-order valence-electron chi connectivity index (χ1n) is 9.91. The number of rotatable bonds is 9. The monoisotopic (exact) mass is 469 g/mol. The molecule has 0 bridgehead atoms. The normalized spacial score (nSPS) is 12.9. The lowest BCUT2D eigenvalue weighted by Crippen LogP contribution is -2.45. The maximum absolute atomic E-state index is 13.4. The zero-order valence-corrected chi connectivity index (χ0v) is 18.9. The SMILES string of the molecule is CCC[C@H](NC(=O)C(O)c1cc(F)cc(F)c1)C(=O)Nc1nc(C(=O)OC)c(C(C)C)s1. The molecule has 32 heavy (non-hydrogen) atoms. The van der Waals surface area contributed by atoms with Gasteiger partial charge in [0.05, 0.1) is 7.11 Å². The van der Waals surface area contributed by atoms with Gasteiger partial charge in [-0.25, -0.2) is 18.6 Å². The number of nitrogens with one attached hydrogen (secondary N) is 2. The van der Waals surface area contributed by atoms with Gasteiger partial charge in [-0.15, -0.1) is 11.3 Å². The highest BCUT2D eigenvalue weighted by Crippen LogP contribution is 2.30. The number of hydrogen-bond acceptors (Lipinski definition) is 7. The van der Waals surface area contributed by atoms with Gasteiger partial charge in [0.15, 0.2) is 16.9 Å². The summed E-state index contributed by atoms with van der Waals surface area (Å²) in [6.45, 7) is 5.52. The first kappa shape index (κ1) is 25.3. The Bertz CT molecular complexity index is 976. The molecular formula is C21H25F2N3O5S. The third kappa shape index (κ3) is 6.30. The van der Waals surface area contributed by atoms with Crippen LogP contribution in [-0.2, 0) is 14.3 Å². The van der Waals surface area contributed by atoms with Gasteiger partial charge >= 0.3 is 5.97 Å². The van der Waals surface area contributed by atoms with Gasteiger partial charge in [-0.1, -0.05) is 27.2 Å². The minimum absolute atomic E-state index is 0.0415. The summed E-state index contributed by atoms with van der Waals surface area (Å²) in [4.78, 5) is 41.9. The summed E-state index contributed by atoms with van der Waals surface area (Å²) >= 11 is 1.11. The first-order chi connectivity index (χ1) is 15.1. The minimum atomic E-state index is -1.87. The topological polar surface area (TPSA) is 118 Å². The van der Waals surface area contributed by atoms with E-state index in [1.165, 1.54) is 7.11 Å². The van der Waals surface area contributed by atoms with Crippen LogP contribution in [0.1, 0.15) is 66.6 Å². The number of nitrogens with zero attached hydrogens (tertiary/aromatic N) is 1. The third-order valence-electron chi connectivity index (χ3n) is 4.45. The Labute approximate surface area is 188 Å².